The van der Waals surface area contributed by atoms with Gasteiger partial charge in [-0.2, -0.15) is 0 Å². The largest absolute Gasteiger partial charge is 0.356 e. The second kappa shape index (κ2) is 9.67. The summed E-state index contributed by atoms with van der Waals surface area (Å²) in [5, 5.41) is 3.07. The van der Waals surface area contributed by atoms with Crippen LogP contribution in [-0.4, -0.2) is 36.3 Å². The lowest BCUT2D eigenvalue weighted by molar-refractivity contribution is -0.135. The molecule has 0 bridgehead atoms. The van der Waals surface area contributed by atoms with Gasteiger partial charge in [-0.25, -0.2) is 4.39 Å². The van der Waals surface area contributed by atoms with Crippen LogP contribution < -0.4 is 5.32 Å². The Balaban J connectivity index is 1.37. The van der Waals surface area contributed by atoms with Gasteiger partial charge in [0.2, 0.25) is 11.8 Å². The van der Waals surface area contributed by atoms with Crippen molar-refractivity contribution in [3.63, 3.8) is 0 Å². The molecule has 146 valence electrons. The van der Waals surface area contributed by atoms with Crippen molar-refractivity contribution in [2.45, 2.75) is 51.4 Å². The fraction of sp³-hybridized carbons (Fsp3) is 0.545. The van der Waals surface area contributed by atoms with Crippen molar-refractivity contribution >= 4 is 11.8 Å². The van der Waals surface area contributed by atoms with E-state index in [4.69, 9.17) is 0 Å². The van der Waals surface area contributed by atoms with Gasteiger partial charge in [0.25, 0.3) is 0 Å². The molecule has 3 rings (SSSR count). The molecular formula is C22H29FN2O2. The van der Waals surface area contributed by atoms with Crippen molar-refractivity contribution in [3.05, 3.63) is 47.3 Å². The van der Waals surface area contributed by atoms with Crippen LogP contribution in [0.2, 0.25) is 0 Å². The number of nitrogens with one attached hydrogen (secondary N) is 1. The van der Waals surface area contributed by atoms with Crippen LogP contribution in [0.1, 0.15) is 50.5 Å². The molecule has 0 saturated carbocycles. The average molecular weight is 372 g/mol. The molecule has 0 aromatic heterocycles. The predicted octanol–water partition coefficient (Wildman–Crippen LogP) is 3.61. The molecule has 1 N–H and O–H groups in total. The summed E-state index contributed by atoms with van der Waals surface area (Å²) in [7, 11) is 0. The molecule has 27 heavy (non-hydrogen) atoms. The lowest BCUT2D eigenvalue weighted by Gasteiger charge is -2.31. The number of carbonyl (C=O) groups excluding carboxylic acids is 2. The number of nitrogens with zero attached hydrogens (tertiary/aromatic N) is 1. The molecule has 1 heterocycles. The normalized spacial score (nSPS) is 18.1. The Labute approximate surface area is 160 Å². The monoisotopic (exact) mass is 372 g/mol. The molecule has 2 amide bonds. The van der Waals surface area contributed by atoms with Crippen LogP contribution in [0.5, 0.6) is 0 Å². The van der Waals surface area contributed by atoms with Gasteiger partial charge in [0.1, 0.15) is 5.82 Å². The Morgan fingerprint density at radius 3 is 2.52 bits per heavy atom. The molecule has 1 aliphatic carbocycles. The minimum Gasteiger partial charge on any atom is -0.356 e. The Kier molecular flexibility index (Phi) is 7.02. The van der Waals surface area contributed by atoms with Crippen LogP contribution in [0, 0.1) is 11.7 Å². The molecule has 4 nitrogen and oxygen atoms in total. The molecule has 1 aliphatic heterocycles. The highest BCUT2D eigenvalue weighted by molar-refractivity contribution is 5.81. The summed E-state index contributed by atoms with van der Waals surface area (Å²) in [5.74, 6) is -0.125. The Morgan fingerprint density at radius 1 is 1.11 bits per heavy atom. The number of piperidine rings is 1. The molecule has 0 radical (unpaired) electrons. The number of hydrogen-bond donors (Lipinski definition) is 1. The van der Waals surface area contributed by atoms with Gasteiger partial charge in [-0.1, -0.05) is 23.8 Å². The SMILES string of the molecule is O=C(NCCC1=CCCCC1)C1CCN(C(=O)Cc2ccc(F)cc2)CC1. The van der Waals surface area contributed by atoms with Gasteiger partial charge in [-0.05, 0) is 62.6 Å². The van der Waals surface area contributed by atoms with Crippen molar-refractivity contribution in [1.82, 2.24) is 10.2 Å². The smallest absolute Gasteiger partial charge is 0.226 e. The Hall–Kier alpha value is -2.17. The maximum atomic E-state index is 13.0. The molecule has 0 atom stereocenters. The molecule has 1 aromatic carbocycles. The first kappa shape index (κ1) is 19.6. The number of benzene rings is 1. The Bertz CT molecular complexity index is 676. The van der Waals surface area contributed by atoms with E-state index in [0.717, 1.165) is 12.0 Å². The van der Waals surface area contributed by atoms with Crippen molar-refractivity contribution in [3.8, 4) is 0 Å². The third kappa shape index (κ3) is 5.91. The molecule has 1 aromatic rings. The van der Waals surface area contributed by atoms with Crippen molar-refractivity contribution in [1.29, 1.82) is 0 Å². The first-order valence-corrected chi connectivity index (χ1v) is 10.1. The van der Waals surface area contributed by atoms with E-state index in [2.05, 4.69) is 11.4 Å². The first-order valence-electron chi connectivity index (χ1n) is 10.1. The zero-order valence-electron chi connectivity index (χ0n) is 15.9. The van der Waals surface area contributed by atoms with Gasteiger partial charge in [-0.15, -0.1) is 0 Å². The summed E-state index contributed by atoms with van der Waals surface area (Å²) >= 11 is 0. The summed E-state index contributed by atoms with van der Waals surface area (Å²) in [6.45, 7) is 1.95. The number of amides is 2. The molecule has 5 heteroatoms. The second-order valence-electron chi connectivity index (χ2n) is 7.61. The number of likely N-dealkylation sites (tertiary alicyclic amines) is 1. The zero-order valence-corrected chi connectivity index (χ0v) is 15.9. The lowest BCUT2D eigenvalue weighted by Crippen LogP contribution is -2.43. The van der Waals surface area contributed by atoms with Gasteiger partial charge < -0.3 is 10.2 Å². The van der Waals surface area contributed by atoms with Gasteiger partial charge >= 0.3 is 0 Å². The van der Waals surface area contributed by atoms with E-state index >= 15 is 0 Å². The molecule has 0 spiro atoms. The van der Waals surface area contributed by atoms with Crippen molar-refractivity contribution in [2.75, 3.05) is 19.6 Å². The molecule has 2 aliphatic rings. The highest BCUT2D eigenvalue weighted by Crippen LogP contribution is 2.21. The first-order chi connectivity index (χ1) is 13.1. The summed E-state index contributed by atoms with van der Waals surface area (Å²) < 4.78 is 13.0. The average Bonchev–Trinajstić information content (AvgIpc) is 2.70. The molecular weight excluding hydrogens is 343 g/mol. The predicted molar refractivity (Wildman–Crippen MR) is 104 cm³/mol. The molecule has 1 fully saturated rings. The third-order valence-electron chi connectivity index (χ3n) is 5.62. The van der Waals surface area contributed by atoms with Gasteiger partial charge in [0, 0.05) is 25.6 Å². The van der Waals surface area contributed by atoms with Gasteiger partial charge in [0.15, 0.2) is 0 Å². The summed E-state index contributed by atoms with van der Waals surface area (Å²) in [4.78, 5) is 26.6. The summed E-state index contributed by atoms with van der Waals surface area (Å²) in [5.41, 5.74) is 2.29. The van der Waals surface area contributed by atoms with E-state index < -0.39 is 0 Å². The number of halogens is 1. The zero-order chi connectivity index (χ0) is 19.1. The van der Waals surface area contributed by atoms with Crippen LogP contribution in [0.25, 0.3) is 0 Å². The highest BCUT2D eigenvalue weighted by Gasteiger charge is 2.27. The van der Waals surface area contributed by atoms with E-state index in [0.29, 0.717) is 32.5 Å². The lowest BCUT2D eigenvalue weighted by atomic mass is 9.94. The summed E-state index contributed by atoms with van der Waals surface area (Å²) in [6.07, 6.45) is 9.89. The standard InChI is InChI=1S/C22H29FN2O2/c23-20-8-6-18(7-9-20)16-21(26)25-14-11-19(12-15-25)22(27)24-13-10-17-4-2-1-3-5-17/h4,6-9,19H,1-3,5,10-16H2,(H,24,27). The minimum atomic E-state index is -0.294. The van der Waals surface area contributed by atoms with Crippen LogP contribution in [-0.2, 0) is 16.0 Å². The van der Waals surface area contributed by atoms with Crippen LogP contribution >= 0.6 is 0 Å². The van der Waals surface area contributed by atoms with E-state index in [1.54, 1.807) is 12.1 Å². The topological polar surface area (TPSA) is 49.4 Å². The Morgan fingerprint density at radius 2 is 1.85 bits per heavy atom. The van der Waals surface area contributed by atoms with Crippen molar-refractivity contribution < 1.29 is 14.0 Å². The van der Waals surface area contributed by atoms with E-state index in [1.165, 1.54) is 43.4 Å². The number of allylic oxidation sites excluding steroid dienone is 1. The maximum Gasteiger partial charge on any atom is 0.226 e. The van der Waals surface area contributed by atoms with Crippen LogP contribution in [0.15, 0.2) is 35.9 Å². The second-order valence-corrected chi connectivity index (χ2v) is 7.61. The van der Waals surface area contributed by atoms with Crippen LogP contribution in [0.3, 0.4) is 0 Å². The minimum absolute atomic E-state index is 0.000191. The fourth-order valence-corrected chi connectivity index (χ4v) is 3.90. The van der Waals surface area contributed by atoms with E-state index in [1.807, 2.05) is 4.90 Å². The summed E-state index contributed by atoms with van der Waals surface area (Å²) in [6, 6.07) is 6.05. The highest BCUT2D eigenvalue weighted by atomic mass is 19.1. The maximum absolute atomic E-state index is 13.0. The molecule has 0 unspecified atom stereocenters. The fourth-order valence-electron chi connectivity index (χ4n) is 3.90. The quantitative estimate of drug-likeness (QED) is 0.776. The van der Waals surface area contributed by atoms with Gasteiger partial charge in [0.05, 0.1) is 6.42 Å². The number of rotatable bonds is 6. The van der Waals surface area contributed by atoms with Crippen molar-refractivity contribution in [2.24, 2.45) is 5.92 Å². The number of carbonyl (C=O) groups is 2. The van der Waals surface area contributed by atoms with Gasteiger partial charge in [-0.3, -0.25) is 9.59 Å². The van der Waals surface area contributed by atoms with E-state index in [-0.39, 0.29) is 30.0 Å². The van der Waals surface area contributed by atoms with Crippen LogP contribution in [0.4, 0.5) is 4.39 Å². The van der Waals surface area contributed by atoms with E-state index in [9.17, 15) is 14.0 Å². The number of hydrogen-bond acceptors (Lipinski definition) is 2. The molecule has 1 saturated heterocycles. The third-order valence-corrected chi connectivity index (χ3v) is 5.62.